The Labute approximate surface area is 121 Å². The number of phenolic OH excluding ortho intramolecular Hbond substituents is 1. The van der Waals surface area contributed by atoms with E-state index in [0.717, 1.165) is 5.56 Å². The van der Waals surface area contributed by atoms with E-state index in [1.807, 2.05) is 12.1 Å². The highest BCUT2D eigenvalue weighted by atomic mass is 35.5. The minimum Gasteiger partial charge on any atom is -0.506 e. The molecule has 0 aliphatic heterocycles. The monoisotopic (exact) mass is 289 g/mol. The van der Waals surface area contributed by atoms with Gasteiger partial charge < -0.3 is 9.84 Å². The third-order valence-electron chi connectivity index (χ3n) is 2.60. The number of phenols is 1. The summed E-state index contributed by atoms with van der Waals surface area (Å²) in [5.41, 5.74) is 1.44. The molecule has 0 heterocycles. The molecular formula is C15H12ClNO3. The van der Waals surface area contributed by atoms with E-state index < -0.39 is 5.97 Å². The van der Waals surface area contributed by atoms with Crippen LogP contribution in [0.2, 0.25) is 5.02 Å². The number of nitrogens with zero attached hydrogens (tertiary/aromatic N) is 1. The summed E-state index contributed by atoms with van der Waals surface area (Å²) in [4.78, 5) is 15.5. The van der Waals surface area contributed by atoms with Gasteiger partial charge in [0.2, 0.25) is 0 Å². The number of methoxy groups -OCH3 is 1. The van der Waals surface area contributed by atoms with Gasteiger partial charge in [-0.2, -0.15) is 0 Å². The highest BCUT2D eigenvalue weighted by Crippen LogP contribution is 2.27. The minimum absolute atomic E-state index is 0.0915. The van der Waals surface area contributed by atoms with Crippen LogP contribution in [0.5, 0.6) is 5.75 Å². The molecule has 0 aromatic heterocycles. The van der Waals surface area contributed by atoms with E-state index in [9.17, 15) is 9.90 Å². The predicted octanol–water partition coefficient (Wildman–Crippen LogP) is 3.58. The van der Waals surface area contributed by atoms with E-state index in [1.54, 1.807) is 24.4 Å². The van der Waals surface area contributed by atoms with Crippen molar-refractivity contribution in [3.8, 4) is 5.75 Å². The van der Waals surface area contributed by atoms with Gasteiger partial charge in [-0.1, -0.05) is 23.7 Å². The first kappa shape index (κ1) is 14.1. The number of carbonyl (C=O) groups is 1. The molecule has 20 heavy (non-hydrogen) atoms. The van der Waals surface area contributed by atoms with Gasteiger partial charge in [0.25, 0.3) is 0 Å². The van der Waals surface area contributed by atoms with Gasteiger partial charge >= 0.3 is 5.97 Å². The maximum atomic E-state index is 11.3. The number of hydrogen-bond acceptors (Lipinski definition) is 4. The molecule has 0 radical (unpaired) electrons. The smallest absolute Gasteiger partial charge is 0.337 e. The molecule has 0 amide bonds. The van der Waals surface area contributed by atoms with Crippen LogP contribution in [0.3, 0.4) is 0 Å². The summed E-state index contributed by atoms with van der Waals surface area (Å²) in [5, 5.41) is 10.4. The Kier molecular flexibility index (Phi) is 4.38. The largest absolute Gasteiger partial charge is 0.506 e. The number of aliphatic imine (C=N–C) groups is 1. The molecule has 0 saturated heterocycles. The van der Waals surface area contributed by atoms with E-state index in [2.05, 4.69) is 9.73 Å². The van der Waals surface area contributed by atoms with Crippen LogP contribution in [-0.2, 0) is 4.74 Å². The topological polar surface area (TPSA) is 58.9 Å². The fraction of sp³-hybridized carbons (Fsp3) is 0.0667. The third kappa shape index (κ3) is 3.36. The molecule has 2 rings (SSSR count). The van der Waals surface area contributed by atoms with E-state index in [4.69, 9.17) is 11.6 Å². The van der Waals surface area contributed by atoms with Crippen LogP contribution in [0.4, 0.5) is 5.69 Å². The molecular weight excluding hydrogens is 278 g/mol. The molecule has 0 bridgehead atoms. The minimum atomic E-state index is -0.509. The first-order chi connectivity index (χ1) is 9.60. The van der Waals surface area contributed by atoms with Crippen LogP contribution in [0, 0.1) is 0 Å². The Morgan fingerprint density at radius 1 is 1.30 bits per heavy atom. The van der Waals surface area contributed by atoms with E-state index >= 15 is 0 Å². The summed E-state index contributed by atoms with van der Waals surface area (Å²) in [5.74, 6) is -0.600. The van der Waals surface area contributed by atoms with Crippen molar-refractivity contribution in [1.29, 1.82) is 0 Å². The van der Waals surface area contributed by atoms with Crippen molar-refractivity contribution in [3.63, 3.8) is 0 Å². The molecule has 4 nitrogen and oxygen atoms in total. The first-order valence-electron chi connectivity index (χ1n) is 5.81. The zero-order valence-corrected chi connectivity index (χ0v) is 11.5. The van der Waals surface area contributed by atoms with E-state index in [1.165, 1.54) is 19.2 Å². The fourth-order valence-electron chi connectivity index (χ4n) is 1.61. The van der Waals surface area contributed by atoms with Gasteiger partial charge in [0.1, 0.15) is 11.4 Å². The number of aromatic hydroxyl groups is 1. The number of rotatable bonds is 3. The molecule has 5 heteroatoms. The summed E-state index contributed by atoms with van der Waals surface area (Å²) in [6, 6.07) is 11.6. The highest BCUT2D eigenvalue weighted by Gasteiger charge is 2.08. The second kappa shape index (κ2) is 6.21. The Balaban J connectivity index is 2.24. The molecule has 2 aromatic rings. The molecule has 102 valence electrons. The van der Waals surface area contributed by atoms with Gasteiger partial charge in [-0.15, -0.1) is 0 Å². The normalized spacial score (nSPS) is 10.7. The number of benzene rings is 2. The van der Waals surface area contributed by atoms with Crippen molar-refractivity contribution >= 4 is 29.5 Å². The molecule has 0 atom stereocenters. The quantitative estimate of drug-likeness (QED) is 0.694. The third-order valence-corrected chi connectivity index (χ3v) is 2.83. The van der Waals surface area contributed by atoms with Crippen LogP contribution in [0.15, 0.2) is 47.5 Å². The number of carbonyl (C=O) groups excluding carboxylic acids is 1. The summed E-state index contributed by atoms with van der Waals surface area (Å²) in [7, 11) is 1.28. The average molecular weight is 290 g/mol. The average Bonchev–Trinajstić information content (AvgIpc) is 2.45. The second-order valence-electron chi connectivity index (χ2n) is 4.01. The molecule has 0 aliphatic rings. The molecule has 2 aromatic carbocycles. The summed E-state index contributed by atoms with van der Waals surface area (Å²) in [6.45, 7) is 0. The maximum Gasteiger partial charge on any atom is 0.337 e. The standard InChI is InChI=1S/C15H12ClNO3/c1-20-15(19)11-5-6-13(14(18)8-11)17-9-10-3-2-4-12(16)7-10/h2-9,18H,1H3. The van der Waals surface area contributed by atoms with Crippen molar-refractivity contribution in [2.75, 3.05) is 7.11 Å². The molecule has 0 spiro atoms. The van der Waals surface area contributed by atoms with Gasteiger partial charge in [-0.25, -0.2) is 4.79 Å². The van der Waals surface area contributed by atoms with Crippen LogP contribution < -0.4 is 0 Å². The molecule has 0 saturated carbocycles. The molecule has 0 aliphatic carbocycles. The summed E-state index contributed by atoms with van der Waals surface area (Å²) >= 11 is 5.87. The SMILES string of the molecule is COC(=O)c1ccc(N=Cc2cccc(Cl)c2)c(O)c1. The number of halogens is 1. The maximum absolute atomic E-state index is 11.3. The molecule has 0 unspecified atom stereocenters. The van der Waals surface area contributed by atoms with Gasteiger partial charge in [-0.05, 0) is 35.9 Å². The van der Waals surface area contributed by atoms with Crippen LogP contribution in [0.25, 0.3) is 0 Å². The number of ether oxygens (including phenoxy) is 1. The van der Waals surface area contributed by atoms with Gasteiger partial charge in [-0.3, -0.25) is 4.99 Å². The van der Waals surface area contributed by atoms with E-state index in [-0.39, 0.29) is 11.3 Å². The van der Waals surface area contributed by atoms with Crippen LogP contribution >= 0.6 is 11.6 Å². The van der Waals surface area contributed by atoms with Crippen molar-refractivity contribution in [3.05, 3.63) is 58.6 Å². The Morgan fingerprint density at radius 3 is 2.75 bits per heavy atom. The van der Waals surface area contributed by atoms with Crippen molar-refractivity contribution in [1.82, 2.24) is 0 Å². The lowest BCUT2D eigenvalue weighted by Gasteiger charge is -2.02. The van der Waals surface area contributed by atoms with E-state index in [0.29, 0.717) is 10.7 Å². The van der Waals surface area contributed by atoms with Crippen molar-refractivity contribution in [2.45, 2.75) is 0 Å². The zero-order chi connectivity index (χ0) is 14.5. The fourth-order valence-corrected chi connectivity index (χ4v) is 1.81. The van der Waals surface area contributed by atoms with Gasteiger partial charge in [0, 0.05) is 11.2 Å². The highest BCUT2D eigenvalue weighted by molar-refractivity contribution is 6.30. The molecule has 1 N–H and O–H groups in total. The predicted molar refractivity (Wildman–Crippen MR) is 78.2 cm³/mol. The van der Waals surface area contributed by atoms with Gasteiger partial charge in [0.15, 0.2) is 0 Å². The Bertz CT molecular complexity index is 668. The lowest BCUT2D eigenvalue weighted by molar-refractivity contribution is 0.0600. The van der Waals surface area contributed by atoms with Gasteiger partial charge in [0.05, 0.1) is 12.7 Å². The lowest BCUT2D eigenvalue weighted by Crippen LogP contribution is -2.00. The molecule has 0 fully saturated rings. The van der Waals surface area contributed by atoms with Crippen molar-refractivity contribution < 1.29 is 14.6 Å². The Morgan fingerprint density at radius 2 is 2.10 bits per heavy atom. The first-order valence-corrected chi connectivity index (χ1v) is 6.19. The number of esters is 1. The van der Waals surface area contributed by atoms with Crippen molar-refractivity contribution in [2.24, 2.45) is 4.99 Å². The van der Waals surface area contributed by atoms with Crippen LogP contribution in [0.1, 0.15) is 15.9 Å². The number of hydrogen-bond donors (Lipinski definition) is 1. The summed E-state index contributed by atoms with van der Waals surface area (Å²) in [6.07, 6.45) is 1.58. The van der Waals surface area contributed by atoms with Crippen LogP contribution in [-0.4, -0.2) is 24.4 Å². The Hall–Kier alpha value is -2.33. The zero-order valence-electron chi connectivity index (χ0n) is 10.7. The lowest BCUT2D eigenvalue weighted by atomic mass is 10.2. The summed E-state index contributed by atoms with van der Waals surface area (Å²) < 4.78 is 4.57. The second-order valence-corrected chi connectivity index (χ2v) is 4.44.